The van der Waals surface area contributed by atoms with Crippen molar-refractivity contribution in [2.45, 2.75) is 120 Å². The molecular formula is C34H46O14. The van der Waals surface area contributed by atoms with Crippen molar-refractivity contribution in [2.75, 3.05) is 6.61 Å². The molecule has 0 aromatic carbocycles. The maximum Gasteiger partial charge on any atom is 0.307 e. The van der Waals surface area contributed by atoms with Gasteiger partial charge in [0.15, 0.2) is 11.9 Å². The van der Waals surface area contributed by atoms with Gasteiger partial charge in [-0.15, -0.1) is 0 Å². The van der Waals surface area contributed by atoms with Gasteiger partial charge in [0.1, 0.15) is 31.0 Å². The molecule has 266 valence electrons. The summed E-state index contributed by atoms with van der Waals surface area (Å²) in [6.45, 7) is 14.6. The Morgan fingerprint density at radius 1 is 0.625 bits per heavy atom. The molecule has 2 bridgehead atoms. The van der Waals surface area contributed by atoms with Crippen LogP contribution in [0.2, 0.25) is 0 Å². The number of carbonyl (C=O) groups is 7. The van der Waals surface area contributed by atoms with Gasteiger partial charge in [-0.25, -0.2) is 0 Å². The molecule has 2 aliphatic carbocycles. The molecule has 0 radical (unpaired) electrons. The third kappa shape index (κ3) is 10.5. The van der Waals surface area contributed by atoms with Crippen LogP contribution in [-0.4, -0.2) is 78.9 Å². The average molecular weight is 679 g/mol. The lowest BCUT2D eigenvalue weighted by atomic mass is 9.60. The van der Waals surface area contributed by atoms with Crippen LogP contribution >= 0.6 is 0 Å². The van der Waals surface area contributed by atoms with Crippen molar-refractivity contribution in [3.8, 4) is 0 Å². The Kier molecular flexibility index (Phi) is 13.7. The maximum atomic E-state index is 12.7. The number of rotatable bonds is 8. The molecule has 0 heterocycles. The molecule has 2 rings (SSSR count). The van der Waals surface area contributed by atoms with Crippen LogP contribution in [0.25, 0.3) is 0 Å². The highest BCUT2D eigenvalue weighted by molar-refractivity contribution is 5.71. The highest BCUT2D eigenvalue weighted by Crippen LogP contribution is 2.52. The van der Waals surface area contributed by atoms with E-state index in [2.05, 4.69) is 0 Å². The molecule has 2 aliphatic rings. The topological polar surface area (TPSA) is 184 Å². The van der Waals surface area contributed by atoms with Gasteiger partial charge in [0, 0.05) is 72.0 Å². The Morgan fingerprint density at radius 2 is 1.10 bits per heavy atom. The monoisotopic (exact) mass is 678 g/mol. The number of carbonyl (C=O) groups excluding carboxylic acids is 7. The van der Waals surface area contributed by atoms with Gasteiger partial charge in [-0.3, -0.25) is 33.6 Å². The van der Waals surface area contributed by atoms with Gasteiger partial charge in [0.05, 0.1) is 0 Å². The smallest absolute Gasteiger partial charge is 0.307 e. The number of fused-ring (bicyclic) bond motifs is 2. The first-order valence-corrected chi connectivity index (χ1v) is 15.5. The summed E-state index contributed by atoms with van der Waals surface area (Å²) < 4.78 is 39.9. The van der Waals surface area contributed by atoms with E-state index in [-0.39, 0.29) is 29.7 Å². The fourth-order valence-electron chi connectivity index (χ4n) is 6.33. The summed E-state index contributed by atoms with van der Waals surface area (Å²) in [5, 5.41) is 0. The molecule has 0 amide bonds. The van der Waals surface area contributed by atoms with E-state index in [4.69, 9.17) is 33.2 Å². The van der Waals surface area contributed by atoms with Gasteiger partial charge in [0.25, 0.3) is 0 Å². The van der Waals surface area contributed by atoms with Crippen molar-refractivity contribution >= 4 is 41.8 Å². The van der Waals surface area contributed by atoms with E-state index in [1.165, 1.54) is 33.8 Å². The minimum absolute atomic E-state index is 0.115. The molecule has 14 nitrogen and oxygen atoms in total. The highest BCUT2D eigenvalue weighted by atomic mass is 16.6. The zero-order chi connectivity index (χ0) is 36.7. The largest absolute Gasteiger partial charge is 0.461 e. The Balaban J connectivity index is 3.25. The molecule has 6 atom stereocenters. The van der Waals surface area contributed by atoms with Gasteiger partial charge in [0.2, 0.25) is 0 Å². The van der Waals surface area contributed by atoms with Crippen LogP contribution in [0.3, 0.4) is 0 Å². The van der Waals surface area contributed by atoms with Gasteiger partial charge < -0.3 is 33.2 Å². The number of hydrogen-bond acceptors (Lipinski definition) is 14. The number of hydrogen-bond donors (Lipinski definition) is 0. The fraction of sp³-hybridized carbons (Fsp3) is 0.618. The minimum Gasteiger partial charge on any atom is -0.461 e. The van der Waals surface area contributed by atoms with Crippen molar-refractivity contribution in [1.29, 1.82) is 0 Å². The summed E-state index contributed by atoms with van der Waals surface area (Å²) in [6.07, 6.45) is -4.63. The van der Waals surface area contributed by atoms with Gasteiger partial charge >= 0.3 is 41.8 Å². The second-order valence-electron chi connectivity index (χ2n) is 12.4. The summed E-state index contributed by atoms with van der Waals surface area (Å²) >= 11 is 0. The summed E-state index contributed by atoms with van der Waals surface area (Å²) in [7, 11) is 0. The van der Waals surface area contributed by atoms with Crippen molar-refractivity contribution in [3.05, 3.63) is 34.1 Å². The summed E-state index contributed by atoms with van der Waals surface area (Å²) in [5.41, 5.74) is 0.106. The van der Waals surface area contributed by atoms with E-state index in [0.717, 1.165) is 27.7 Å². The molecule has 6 unspecified atom stereocenters. The Labute approximate surface area is 280 Å². The quantitative estimate of drug-likeness (QED) is 0.205. The SMILES string of the molecule is CC(=O)OC/C1=C/C(OC(C)=O)C2CC(OC(C)=O)C(C)=C(C(OC(C)=O)/C(OC(C)=O)=C(/C)C(OC(C)=O)CC1OC(C)=O)C2(C)C. The molecule has 0 aliphatic heterocycles. The minimum atomic E-state index is -1.42. The van der Waals surface area contributed by atoms with Crippen LogP contribution in [0, 0.1) is 11.3 Å². The van der Waals surface area contributed by atoms with Crippen LogP contribution < -0.4 is 0 Å². The molecule has 0 spiro atoms. The predicted octanol–water partition coefficient (Wildman–Crippen LogP) is 3.74. The first-order chi connectivity index (χ1) is 22.1. The van der Waals surface area contributed by atoms with Gasteiger partial charge in [-0.1, -0.05) is 13.8 Å². The van der Waals surface area contributed by atoms with Crippen LogP contribution in [-0.2, 0) is 66.7 Å². The van der Waals surface area contributed by atoms with Crippen molar-refractivity contribution in [2.24, 2.45) is 11.3 Å². The summed E-state index contributed by atoms with van der Waals surface area (Å²) in [5.74, 6) is -5.90. The third-order valence-corrected chi connectivity index (χ3v) is 8.19. The van der Waals surface area contributed by atoms with E-state index < -0.39 is 90.2 Å². The average Bonchev–Trinajstić information content (AvgIpc) is 2.91. The molecule has 0 aromatic rings. The highest BCUT2D eigenvalue weighted by Gasteiger charge is 2.51. The third-order valence-electron chi connectivity index (χ3n) is 8.19. The molecule has 0 saturated heterocycles. The van der Waals surface area contributed by atoms with Gasteiger partial charge in [-0.2, -0.15) is 0 Å². The standard InChI is InChI=1S/C34H46O14/c1-16-27(43-19(4)36)13-26-30(46-22(7)39)12-25(15-42-18(3)35)29(45-21(6)38)14-28(44-20(5)37)17(2)32(47-23(8)40)33(48-24(9)41)31(16)34(26,10)11/h12,26-30,33H,13-15H2,1-11H3/b25-12-,32-17+. The zero-order valence-corrected chi connectivity index (χ0v) is 29.4. The van der Waals surface area contributed by atoms with Gasteiger partial charge in [-0.05, 0) is 42.9 Å². The van der Waals surface area contributed by atoms with Crippen LogP contribution in [0.5, 0.6) is 0 Å². The molecular weight excluding hydrogens is 632 g/mol. The second-order valence-corrected chi connectivity index (χ2v) is 12.4. The molecule has 14 heteroatoms. The predicted molar refractivity (Wildman–Crippen MR) is 166 cm³/mol. The Bertz CT molecular complexity index is 1410. The molecule has 0 saturated carbocycles. The zero-order valence-electron chi connectivity index (χ0n) is 29.4. The lowest BCUT2D eigenvalue weighted by molar-refractivity contribution is -0.156. The van der Waals surface area contributed by atoms with E-state index in [1.807, 2.05) is 0 Å². The molecule has 0 fully saturated rings. The van der Waals surface area contributed by atoms with E-state index in [9.17, 15) is 33.6 Å². The van der Waals surface area contributed by atoms with E-state index in [0.29, 0.717) is 11.1 Å². The van der Waals surface area contributed by atoms with Crippen molar-refractivity contribution in [3.63, 3.8) is 0 Å². The normalized spacial score (nSPS) is 28.2. The number of ether oxygens (including phenoxy) is 7. The molecule has 48 heavy (non-hydrogen) atoms. The van der Waals surface area contributed by atoms with Crippen molar-refractivity contribution < 1.29 is 66.7 Å². The van der Waals surface area contributed by atoms with E-state index >= 15 is 0 Å². The van der Waals surface area contributed by atoms with Crippen molar-refractivity contribution in [1.82, 2.24) is 0 Å². The molecule has 0 N–H and O–H groups in total. The first kappa shape index (κ1) is 39.7. The first-order valence-electron chi connectivity index (χ1n) is 15.5. The van der Waals surface area contributed by atoms with Crippen LogP contribution in [0.1, 0.15) is 89.0 Å². The molecule has 0 aromatic heterocycles. The fourth-order valence-corrected chi connectivity index (χ4v) is 6.33. The lowest BCUT2D eigenvalue weighted by Gasteiger charge is -2.48. The maximum absolute atomic E-state index is 12.7. The second kappa shape index (κ2) is 16.6. The van der Waals surface area contributed by atoms with Crippen LogP contribution in [0.4, 0.5) is 0 Å². The Morgan fingerprint density at radius 3 is 1.56 bits per heavy atom. The Hall–Kier alpha value is -4.49. The van der Waals surface area contributed by atoms with Crippen LogP contribution in [0.15, 0.2) is 34.1 Å². The summed E-state index contributed by atoms with van der Waals surface area (Å²) in [6, 6.07) is 0. The summed E-state index contributed by atoms with van der Waals surface area (Å²) in [4.78, 5) is 87.1. The van der Waals surface area contributed by atoms with E-state index in [1.54, 1.807) is 20.8 Å². The number of esters is 7. The lowest BCUT2D eigenvalue weighted by Crippen LogP contribution is -2.49.